The number of carbonyl (C=O) groups excluding carboxylic acids is 1. The molecule has 0 radical (unpaired) electrons. The molecular formula is C20H19FN6O. The molecule has 0 saturated carbocycles. The number of hydrogen-bond donors (Lipinski definition) is 1. The maximum atomic E-state index is 13.8. The fraction of sp³-hybridized carbons (Fsp3) is 0.250. The molecule has 0 spiro atoms. The van der Waals surface area contributed by atoms with Crippen LogP contribution in [0.1, 0.15) is 28.9 Å². The first-order valence-corrected chi connectivity index (χ1v) is 9.27. The van der Waals surface area contributed by atoms with Crippen LogP contribution in [-0.4, -0.2) is 33.8 Å². The number of rotatable bonds is 3. The zero-order chi connectivity index (χ0) is 19.3. The van der Waals surface area contributed by atoms with Crippen molar-refractivity contribution in [3.63, 3.8) is 0 Å². The highest BCUT2D eigenvalue weighted by Gasteiger charge is 2.32. The highest BCUT2D eigenvalue weighted by atomic mass is 19.1. The smallest absolute Gasteiger partial charge is 0.262 e. The van der Waals surface area contributed by atoms with Gasteiger partial charge >= 0.3 is 0 Å². The molecule has 2 N–H and O–H groups in total. The maximum Gasteiger partial charge on any atom is 0.262 e. The van der Waals surface area contributed by atoms with E-state index in [0.29, 0.717) is 23.5 Å². The van der Waals surface area contributed by atoms with Crippen LogP contribution >= 0.6 is 0 Å². The van der Waals surface area contributed by atoms with E-state index in [9.17, 15) is 9.18 Å². The molecule has 28 heavy (non-hydrogen) atoms. The molecule has 2 aliphatic heterocycles. The summed E-state index contributed by atoms with van der Waals surface area (Å²) in [6.45, 7) is 2.38. The van der Waals surface area contributed by atoms with Gasteiger partial charge in [-0.05, 0) is 43.2 Å². The van der Waals surface area contributed by atoms with E-state index in [1.54, 1.807) is 23.1 Å². The lowest BCUT2D eigenvalue weighted by atomic mass is 10.2. The third kappa shape index (κ3) is 2.69. The number of nitrogen functional groups attached to an aromatic ring is 1. The summed E-state index contributed by atoms with van der Waals surface area (Å²) < 4.78 is 15.4. The van der Waals surface area contributed by atoms with Gasteiger partial charge in [-0.25, -0.2) is 14.1 Å². The van der Waals surface area contributed by atoms with Gasteiger partial charge in [0, 0.05) is 25.0 Å². The van der Waals surface area contributed by atoms with Gasteiger partial charge in [0.15, 0.2) is 0 Å². The first-order chi connectivity index (χ1) is 13.6. The Hall–Kier alpha value is -3.42. The Labute approximate surface area is 161 Å². The van der Waals surface area contributed by atoms with Crippen molar-refractivity contribution < 1.29 is 9.18 Å². The summed E-state index contributed by atoms with van der Waals surface area (Å²) in [4.78, 5) is 21.1. The Morgan fingerprint density at radius 2 is 1.86 bits per heavy atom. The van der Waals surface area contributed by atoms with Crippen molar-refractivity contribution in [2.45, 2.75) is 19.4 Å². The zero-order valence-electron chi connectivity index (χ0n) is 15.2. The van der Waals surface area contributed by atoms with Crippen LogP contribution in [0.4, 0.5) is 21.6 Å². The standard InChI is InChI=1S/C20H19FN6O/c21-16-9-13(3-5-17(16)22)26-12-18-15(20(26)28)11-27(24-18)14-4-6-19(23-10-14)25-7-1-2-8-25/h3-6,9-11H,1-2,7-8,12,22H2. The molecule has 5 rings (SSSR count). The van der Waals surface area contributed by atoms with Crippen molar-refractivity contribution in [2.75, 3.05) is 28.6 Å². The molecule has 1 fully saturated rings. The van der Waals surface area contributed by atoms with Crippen molar-refractivity contribution in [3.05, 3.63) is 59.8 Å². The fourth-order valence-electron chi connectivity index (χ4n) is 3.74. The van der Waals surface area contributed by atoms with Crippen molar-refractivity contribution in [2.24, 2.45) is 0 Å². The normalized spacial score (nSPS) is 16.1. The van der Waals surface area contributed by atoms with Crippen molar-refractivity contribution in [1.29, 1.82) is 0 Å². The largest absolute Gasteiger partial charge is 0.396 e. The number of halogens is 1. The number of anilines is 3. The number of aromatic nitrogens is 3. The molecule has 3 aromatic rings. The van der Waals surface area contributed by atoms with Gasteiger partial charge in [-0.15, -0.1) is 0 Å². The predicted octanol–water partition coefficient (Wildman–Crippen LogP) is 2.75. The number of nitrogens with two attached hydrogens (primary N) is 1. The van der Waals surface area contributed by atoms with Gasteiger partial charge in [0.2, 0.25) is 0 Å². The zero-order valence-corrected chi connectivity index (χ0v) is 15.2. The van der Waals surface area contributed by atoms with Crippen LogP contribution in [0.5, 0.6) is 0 Å². The van der Waals surface area contributed by atoms with E-state index >= 15 is 0 Å². The van der Waals surface area contributed by atoms with E-state index < -0.39 is 5.82 Å². The third-order valence-corrected chi connectivity index (χ3v) is 5.30. The maximum absolute atomic E-state index is 13.8. The topological polar surface area (TPSA) is 80.3 Å². The highest BCUT2D eigenvalue weighted by molar-refractivity contribution is 6.09. The molecular weight excluding hydrogens is 359 g/mol. The number of fused-ring (bicyclic) bond motifs is 1. The molecule has 1 aromatic carbocycles. The minimum absolute atomic E-state index is 0.0585. The molecule has 7 nitrogen and oxygen atoms in total. The summed E-state index contributed by atoms with van der Waals surface area (Å²) >= 11 is 0. The van der Waals surface area contributed by atoms with Gasteiger partial charge in [0.05, 0.1) is 35.4 Å². The minimum Gasteiger partial charge on any atom is -0.396 e. The van der Waals surface area contributed by atoms with E-state index in [1.165, 1.54) is 29.9 Å². The van der Waals surface area contributed by atoms with E-state index in [0.717, 1.165) is 24.6 Å². The average molecular weight is 378 g/mol. The van der Waals surface area contributed by atoms with E-state index in [2.05, 4.69) is 15.0 Å². The van der Waals surface area contributed by atoms with Gasteiger partial charge < -0.3 is 15.5 Å². The quantitative estimate of drug-likeness (QED) is 0.709. The van der Waals surface area contributed by atoms with Crippen molar-refractivity contribution >= 4 is 23.1 Å². The third-order valence-electron chi connectivity index (χ3n) is 5.30. The monoisotopic (exact) mass is 378 g/mol. The van der Waals surface area contributed by atoms with Crippen LogP contribution in [0.2, 0.25) is 0 Å². The summed E-state index contributed by atoms with van der Waals surface area (Å²) in [5.41, 5.74) is 8.02. The molecule has 0 bridgehead atoms. The Bertz CT molecular complexity index is 1060. The second kappa shape index (κ2) is 6.33. The van der Waals surface area contributed by atoms with Gasteiger partial charge in [-0.3, -0.25) is 4.79 Å². The Morgan fingerprint density at radius 3 is 2.54 bits per heavy atom. The molecule has 2 aromatic heterocycles. The number of nitrogens with zero attached hydrogens (tertiary/aromatic N) is 5. The molecule has 1 amide bonds. The minimum atomic E-state index is -0.538. The molecule has 142 valence electrons. The second-order valence-corrected chi connectivity index (χ2v) is 7.10. The number of amides is 1. The Morgan fingerprint density at radius 1 is 1.07 bits per heavy atom. The summed E-state index contributed by atoms with van der Waals surface area (Å²) in [5, 5.41) is 4.54. The summed E-state index contributed by atoms with van der Waals surface area (Å²) in [6.07, 6.45) is 5.88. The van der Waals surface area contributed by atoms with Gasteiger partial charge in [0.1, 0.15) is 11.6 Å². The van der Waals surface area contributed by atoms with E-state index in [-0.39, 0.29) is 11.6 Å². The number of hydrogen-bond acceptors (Lipinski definition) is 5. The molecule has 1 saturated heterocycles. The van der Waals surface area contributed by atoms with Gasteiger partial charge in [-0.2, -0.15) is 5.10 Å². The Kier molecular flexibility index (Phi) is 3.78. The van der Waals surface area contributed by atoms with E-state index in [4.69, 9.17) is 5.73 Å². The SMILES string of the molecule is Nc1ccc(N2Cc3nn(-c4ccc(N5CCCC5)nc4)cc3C2=O)cc1F. The summed E-state index contributed by atoms with van der Waals surface area (Å²) in [7, 11) is 0. The van der Waals surface area contributed by atoms with Crippen LogP contribution in [0.3, 0.4) is 0 Å². The van der Waals surface area contributed by atoms with E-state index in [1.807, 2.05) is 12.1 Å². The fourth-order valence-corrected chi connectivity index (χ4v) is 3.74. The first-order valence-electron chi connectivity index (χ1n) is 9.27. The van der Waals surface area contributed by atoms with Crippen LogP contribution in [0.15, 0.2) is 42.7 Å². The molecule has 0 aliphatic carbocycles. The number of carbonyl (C=O) groups is 1. The first kappa shape index (κ1) is 16.7. The van der Waals surface area contributed by atoms with Crippen LogP contribution in [0, 0.1) is 5.82 Å². The van der Waals surface area contributed by atoms with Crippen LogP contribution in [-0.2, 0) is 6.54 Å². The summed E-state index contributed by atoms with van der Waals surface area (Å²) in [5.74, 6) is 0.227. The highest BCUT2D eigenvalue weighted by Crippen LogP contribution is 2.30. The van der Waals surface area contributed by atoms with Gasteiger partial charge in [0.25, 0.3) is 5.91 Å². The van der Waals surface area contributed by atoms with Crippen molar-refractivity contribution in [3.8, 4) is 5.69 Å². The lowest BCUT2D eigenvalue weighted by Crippen LogP contribution is -2.24. The molecule has 4 heterocycles. The van der Waals surface area contributed by atoms with Crippen LogP contribution in [0.25, 0.3) is 5.69 Å². The van der Waals surface area contributed by atoms with Gasteiger partial charge in [-0.1, -0.05) is 0 Å². The number of benzene rings is 1. The molecule has 0 unspecified atom stereocenters. The lowest BCUT2D eigenvalue weighted by Gasteiger charge is -2.17. The summed E-state index contributed by atoms with van der Waals surface area (Å²) in [6, 6.07) is 8.31. The molecule has 2 aliphatic rings. The number of pyridine rings is 1. The predicted molar refractivity (Wildman–Crippen MR) is 104 cm³/mol. The second-order valence-electron chi connectivity index (χ2n) is 7.10. The van der Waals surface area contributed by atoms with Crippen LogP contribution < -0.4 is 15.5 Å². The average Bonchev–Trinajstić information content (AvgIpc) is 3.43. The molecule has 8 heteroatoms. The lowest BCUT2D eigenvalue weighted by molar-refractivity contribution is 0.0996. The molecule has 0 atom stereocenters. The van der Waals surface area contributed by atoms with Crippen molar-refractivity contribution in [1.82, 2.24) is 14.8 Å². The Balaban J connectivity index is 1.38.